The molecule has 0 aromatic heterocycles. The Labute approximate surface area is 106 Å². The van der Waals surface area contributed by atoms with Gasteiger partial charge in [0, 0.05) is 26.1 Å². The molecule has 3 atom stereocenters. The van der Waals surface area contributed by atoms with Gasteiger partial charge in [-0.2, -0.15) is 0 Å². The Morgan fingerprint density at radius 3 is 2.72 bits per heavy atom. The number of carbonyl (C=O) groups is 1. The lowest BCUT2D eigenvalue weighted by Gasteiger charge is -2.51. The molecule has 0 aromatic rings. The van der Waals surface area contributed by atoms with Crippen LogP contribution in [0.1, 0.15) is 12.8 Å². The highest BCUT2D eigenvalue weighted by molar-refractivity contribution is 5.83. The molecule has 102 valence electrons. The van der Waals surface area contributed by atoms with Crippen LogP contribution in [-0.2, 0) is 4.79 Å². The number of halogens is 2. The fourth-order valence-corrected chi connectivity index (χ4v) is 3.66. The van der Waals surface area contributed by atoms with Crippen LogP contribution in [0.25, 0.3) is 0 Å². The van der Waals surface area contributed by atoms with Crippen LogP contribution in [0.5, 0.6) is 0 Å². The molecule has 18 heavy (non-hydrogen) atoms. The van der Waals surface area contributed by atoms with E-state index in [0.717, 1.165) is 19.5 Å². The molecule has 0 N–H and O–H groups in total. The molecule has 3 rings (SSSR count). The quantitative estimate of drug-likeness (QED) is 0.623. The van der Waals surface area contributed by atoms with E-state index in [4.69, 9.17) is 0 Å². The van der Waals surface area contributed by atoms with E-state index in [-0.39, 0.29) is 31.0 Å². The van der Waals surface area contributed by atoms with Crippen LogP contribution >= 0.6 is 0 Å². The van der Waals surface area contributed by atoms with Gasteiger partial charge in [-0.15, -0.1) is 0 Å². The number of amides is 1. The summed E-state index contributed by atoms with van der Waals surface area (Å²) in [5.41, 5.74) is 0. The van der Waals surface area contributed by atoms with Crippen LogP contribution in [0.4, 0.5) is 8.78 Å². The number of fused-ring (bicyclic) bond motifs is 3. The SMILES string of the molecule is CN1CCC2C(C1)N(C)C(=O)[C@@H]1CC(F)(F)CN21. The summed E-state index contributed by atoms with van der Waals surface area (Å²) < 4.78 is 27.1. The normalized spacial score (nSPS) is 40.8. The second-order valence-electron chi connectivity index (χ2n) is 5.88. The second-order valence-corrected chi connectivity index (χ2v) is 5.88. The summed E-state index contributed by atoms with van der Waals surface area (Å²) in [6.45, 7) is 1.45. The molecule has 1 amide bonds. The predicted molar refractivity (Wildman–Crippen MR) is 62.5 cm³/mol. The van der Waals surface area contributed by atoms with Crippen LogP contribution in [0.2, 0.25) is 0 Å². The maximum absolute atomic E-state index is 13.6. The number of piperazine rings is 1. The minimum absolute atomic E-state index is 0.0569. The number of rotatable bonds is 0. The molecule has 6 heteroatoms. The third-order valence-corrected chi connectivity index (χ3v) is 4.61. The van der Waals surface area contributed by atoms with Gasteiger partial charge in [-0.3, -0.25) is 9.69 Å². The van der Waals surface area contributed by atoms with Crippen LogP contribution in [0.15, 0.2) is 0 Å². The summed E-state index contributed by atoms with van der Waals surface area (Å²) >= 11 is 0. The van der Waals surface area contributed by atoms with Gasteiger partial charge in [0.15, 0.2) is 0 Å². The highest BCUT2D eigenvalue weighted by atomic mass is 19.3. The van der Waals surface area contributed by atoms with E-state index in [9.17, 15) is 13.6 Å². The van der Waals surface area contributed by atoms with Crippen LogP contribution in [0, 0.1) is 0 Å². The van der Waals surface area contributed by atoms with Crippen molar-refractivity contribution in [2.45, 2.75) is 36.9 Å². The van der Waals surface area contributed by atoms with Crippen molar-refractivity contribution in [3.63, 3.8) is 0 Å². The Hall–Kier alpha value is -0.750. The van der Waals surface area contributed by atoms with Gasteiger partial charge in [-0.1, -0.05) is 0 Å². The van der Waals surface area contributed by atoms with E-state index >= 15 is 0 Å². The Kier molecular flexibility index (Phi) is 2.64. The van der Waals surface area contributed by atoms with E-state index < -0.39 is 12.0 Å². The minimum atomic E-state index is -2.71. The van der Waals surface area contributed by atoms with Gasteiger partial charge in [0.25, 0.3) is 5.92 Å². The van der Waals surface area contributed by atoms with Crippen molar-refractivity contribution >= 4 is 5.91 Å². The molecule has 3 heterocycles. The summed E-state index contributed by atoms with van der Waals surface area (Å²) in [6, 6.07) is -0.446. The highest BCUT2D eigenvalue weighted by Crippen LogP contribution is 2.39. The topological polar surface area (TPSA) is 26.8 Å². The Balaban J connectivity index is 1.89. The number of hydrogen-bond acceptors (Lipinski definition) is 3. The van der Waals surface area contributed by atoms with E-state index in [2.05, 4.69) is 4.90 Å². The van der Waals surface area contributed by atoms with Crippen molar-refractivity contribution in [3.8, 4) is 0 Å². The minimum Gasteiger partial charge on any atom is -0.339 e. The van der Waals surface area contributed by atoms with Gasteiger partial charge in [0.1, 0.15) is 0 Å². The zero-order valence-electron chi connectivity index (χ0n) is 10.8. The van der Waals surface area contributed by atoms with Crippen molar-refractivity contribution in [2.75, 3.05) is 33.7 Å². The zero-order chi connectivity index (χ0) is 13.1. The van der Waals surface area contributed by atoms with Gasteiger partial charge < -0.3 is 9.80 Å². The molecular weight excluding hydrogens is 240 g/mol. The largest absolute Gasteiger partial charge is 0.339 e. The second kappa shape index (κ2) is 3.87. The number of carbonyl (C=O) groups excluding carboxylic acids is 1. The molecule has 0 saturated carbocycles. The zero-order valence-corrected chi connectivity index (χ0v) is 10.8. The first-order chi connectivity index (χ1) is 8.39. The Bertz CT molecular complexity index is 376. The van der Waals surface area contributed by atoms with Crippen LogP contribution in [-0.4, -0.2) is 78.4 Å². The predicted octanol–water partition coefficient (Wildman–Crippen LogP) is 0.241. The molecule has 0 bridgehead atoms. The number of nitrogens with zero attached hydrogens (tertiary/aromatic N) is 3. The van der Waals surface area contributed by atoms with E-state index in [1.165, 1.54) is 0 Å². The van der Waals surface area contributed by atoms with Crippen molar-refractivity contribution in [1.82, 2.24) is 14.7 Å². The van der Waals surface area contributed by atoms with Crippen LogP contribution in [0.3, 0.4) is 0 Å². The molecule has 3 fully saturated rings. The first kappa shape index (κ1) is 12.3. The van der Waals surface area contributed by atoms with Crippen molar-refractivity contribution < 1.29 is 13.6 Å². The molecule has 2 unspecified atom stereocenters. The fraction of sp³-hybridized carbons (Fsp3) is 0.917. The summed E-state index contributed by atoms with van der Waals surface area (Å²) in [5, 5.41) is 0. The molecule has 4 nitrogen and oxygen atoms in total. The van der Waals surface area contributed by atoms with Gasteiger partial charge in [0.05, 0.1) is 18.6 Å². The van der Waals surface area contributed by atoms with E-state index in [0.29, 0.717) is 0 Å². The third kappa shape index (κ3) is 1.73. The van der Waals surface area contributed by atoms with Gasteiger partial charge in [-0.05, 0) is 20.0 Å². The van der Waals surface area contributed by atoms with Crippen molar-refractivity contribution in [2.24, 2.45) is 0 Å². The molecule has 0 spiro atoms. The standard InChI is InChI=1S/C12H19F2N3O/c1-15-4-3-8-10(6-15)16(2)11(18)9-5-12(13,14)7-17(8)9/h8-10H,3-7H2,1-2H3/t8?,9-,10?/m0/s1. The molecule has 0 aromatic carbocycles. The van der Waals surface area contributed by atoms with Gasteiger partial charge in [0.2, 0.25) is 5.91 Å². The Morgan fingerprint density at radius 1 is 1.28 bits per heavy atom. The molecular formula is C12H19F2N3O. The maximum Gasteiger partial charge on any atom is 0.262 e. The van der Waals surface area contributed by atoms with Gasteiger partial charge in [-0.25, -0.2) is 8.78 Å². The van der Waals surface area contributed by atoms with E-state index in [1.54, 1.807) is 16.8 Å². The summed E-state index contributed by atoms with van der Waals surface area (Å²) in [5.74, 6) is -2.84. The number of piperidine rings is 1. The lowest BCUT2D eigenvalue weighted by atomic mass is 9.92. The number of alkyl halides is 2. The monoisotopic (exact) mass is 259 g/mol. The van der Waals surface area contributed by atoms with Gasteiger partial charge >= 0.3 is 0 Å². The van der Waals surface area contributed by atoms with Crippen LogP contribution < -0.4 is 0 Å². The van der Waals surface area contributed by atoms with Crippen molar-refractivity contribution in [3.05, 3.63) is 0 Å². The lowest BCUT2D eigenvalue weighted by Crippen LogP contribution is -2.68. The smallest absolute Gasteiger partial charge is 0.262 e. The molecule has 3 saturated heterocycles. The number of likely N-dealkylation sites (N-methyl/N-ethyl adjacent to an activating group) is 2. The lowest BCUT2D eigenvalue weighted by molar-refractivity contribution is -0.149. The third-order valence-electron chi connectivity index (χ3n) is 4.61. The Morgan fingerprint density at radius 2 is 2.00 bits per heavy atom. The summed E-state index contributed by atoms with van der Waals surface area (Å²) in [4.78, 5) is 17.8. The number of hydrogen-bond donors (Lipinski definition) is 0. The average Bonchev–Trinajstić information content (AvgIpc) is 2.62. The van der Waals surface area contributed by atoms with Crippen molar-refractivity contribution in [1.29, 1.82) is 0 Å². The maximum atomic E-state index is 13.6. The fourth-order valence-electron chi connectivity index (χ4n) is 3.66. The summed E-state index contributed by atoms with van der Waals surface area (Å²) in [6.07, 6.45) is 0.556. The van der Waals surface area contributed by atoms with E-state index in [1.807, 2.05) is 7.05 Å². The average molecular weight is 259 g/mol. The highest BCUT2D eigenvalue weighted by Gasteiger charge is 2.56. The molecule has 0 aliphatic carbocycles. The molecule has 3 aliphatic rings. The molecule has 3 aliphatic heterocycles. The molecule has 0 radical (unpaired) electrons. The summed E-state index contributed by atoms with van der Waals surface area (Å²) in [7, 11) is 3.77. The number of likely N-dealkylation sites (tertiary alicyclic amines) is 1. The first-order valence-corrected chi connectivity index (χ1v) is 6.48. The first-order valence-electron chi connectivity index (χ1n) is 6.48.